The molecule has 20 heavy (non-hydrogen) atoms. The molecule has 0 aliphatic carbocycles. The lowest BCUT2D eigenvalue weighted by Gasteiger charge is -2.30. The van der Waals surface area contributed by atoms with Crippen LogP contribution in [-0.2, 0) is 4.79 Å². The van der Waals surface area contributed by atoms with E-state index in [-0.39, 0.29) is 17.9 Å². The van der Waals surface area contributed by atoms with Crippen LogP contribution in [0.3, 0.4) is 0 Å². The average Bonchev–Trinajstić information content (AvgIpc) is 2.45. The quantitative estimate of drug-likeness (QED) is 0.915. The highest BCUT2D eigenvalue weighted by Crippen LogP contribution is 2.20. The average molecular weight is 274 g/mol. The second-order valence-corrected chi connectivity index (χ2v) is 5.98. The largest absolute Gasteiger partial charge is 0.349 e. The van der Waals surface area contributed by atoms with Gasteiger partial charge in [-0.15, -0.1) is 0 Å². The number of nitrogens with one attached hydrogen (secondary N) is 1. The Labute approximate surface area is 122 Å². The predicted octanol–water partition coefficient (Wildman–Crippen LogP) is 2.90. The van der Waals surface area contributed by atoms with Crippen molar-refractivity contribution in [2.45, 2.75) is 39.2 Å². The van der Waals surface area contributed by atoms with Gasteiger partial charge in [-0.3, -0.25) is 4.79 Å². The van der Waals surface area contributed by atoms with E-state index in [0.29, 0.717) is 0 Å². The van der Waals surface area contributed by atoms with Crippen LogP contribution in [0.25, 0.3) is 0 Å². The van der Waals surface area contributed by atoms with E-state index in [2.05, 4.69) is 55.4 Å². The fraction of sp³-hybridized carbons (Fsp3) is 0.588. The highest BCUT2D eigenvalue weighted by Gasteiger charge is 2.25. The third-order valence-corrected chi connectivity index (χ3v) is 4.20. The lowest BCUT2D eigenvalue weighted by Crippen LogP contribution is -2.42. The van der Waals surface area contributed by atoms with Crippen LogP contribution in [0, 0.1) is 12.8 Å². The molecule has 0 spiro atoms. The maximum Gasteiger partial charge on any atom is 0.224 e. The molecule has 1 saturated heterocycles. The molecule has 3 nitrogen and oxygen atoms in total. The second-order valence-electron chi connectivity index (χ2n) is 5.98. The van der Waals surface area contributed by atoms with Crippen molar-refractivity contribution in [3.63, 3.8) is 0 Å². The maximum atomic E-state index is 12.4. The molecule has 110 valence electrons. The molecular weight excluding hydrogens is 248 g/mol. The minimum absolute atomic E-state index is 0.135. The Morgan fingerprint density at radius 3 is 2.70 bits per heavy atom. The van der Waals surface area contributed by atoms with Crippen LogP contribution in [0.1, 0.15) is 43.4 Å². The van der Waals surface area contributed by atoms with Crippen LogP contribution in [-0.4, -0.2) is 30.9 Å². The highest BCUT2D eigenvalue weighted by molar-refractivity contribution is 5.79. The molecule has 1 aromatic rings. The summed E-state index contributed by atoms with van der Waals surface area (Å²) in [5, 5.41) is 3.23. The van der Waals surface area contributed by atoms with Crippen LogP contribution in [0.15, 0.2) is 24.3 Å². The molecule has 1 amide bonds. The number of carbonyl (C=O) groups is 1. The molecular formula is C17H26N2O. The van der Waals surface area contributed by atoms with Crippen molar-refractivity contribution in [2.24, 2.45) is 5.92 Å². The van der Waals surface area contributed by atoms with Crippen molar-refractivity contribution in [3.05, 3.63) is 35.4 Å². The summed E-state index contributed by atoms with van der Waals surface area (Å²) in [6.07, 6.45) is 3.06. The molecule has 1 aromatic carbocycles. The molecule has 0 radical (unpaired) electrons. The monoisotopic (exact) mass is 274 g/mol. The zero-order valence-corrected chi connectivity index (χ0v) is 12.9. The van der Waals surface area contributed by atoms with Crippen LogP contribution in [0.2, 0.25) is 0 Å². The Kier molecular flexibility index (Phi) is 5.18. The van der Waals surface area contributed by atoms with E-state index in [1.807, 2.05) is 0 Å². The normalized spacial score (nSPS) is 21.4. The molecule has 1 aliphatic rings. The Morgan fingerprint density at radius 2 is 2.10 bits per heavy atom. The molecule has 1 heterocycles. The number of hydrogen-bond acceptors (Lipinski definition) is 2. The Balaban J connectivity index is 1.98. The van der Waals surface area contributed by atoms with E-state index in [9.17, 15) is 4.79 Å². The summed E-state index contributed by atoms with van der Waals surface area (Å²) in [4.78, 5) is 14.7. The first-order valence-corrected chi connectivity index (χ1v) is 7.65. The number of piperidine rings is 1. The van der Waals surface area contributed by atoms with Crippen molar-refractivity contribution < 1.29 is 4.79 Å². The summed E-state index contributed by atoms with van der Waals surface area (Å²) in [5.41, 5.74) is 2.46. The van der Waals surface area contributed by atoms with Gasteiger partial charge in [-0.1, -0.05) is 36.8 Å². The number of likely N-dealkylation sites (tertiary alicyclic amines) is 1. The number of benzene rings is 1. The molecule has 0 aromatic heterocycles. The number of rotatable bonds is 4. The van der Waals surface area contributed by atoms with E-state index in [4.69, 9.17) is 0 Å². The lowest BCUT2D eigenvalue weighted by atomic mass is 9.96. The van der Waals surface area contributed by atoms with Crippen molar-refractivity contribution >= 4 is 5.91 Å². The molecule has 1 N–H and O–H groups in total. The first-order chi connectivity index (χ1) is 9.60. The number of amides is 1. The van der Waals surface area contributed by atoms with Crippen LogP contribution in [0.5, 0.6) is 0 Å². The van der Waals surface area contributed by atoms with Crippen molar-refractivity contribution in [3.8, 4) is 0 Å². The van der Waals surface area contributed by atoms with Crippen molar-refractivity contribution in [1.29, 1.82) is 0 Å². The zero-order chi connectivity index (χ0) is 14.5. The molecule has 0 unspecified atom stereocenters. The van der Waals surface area contributed by atoms with Gasteiger partial charge in [0.15, 0.2) is 0 Å². The third-order valence-electron chi connectivity index (χ3n) is 4.20. The SMILES string of the molecule is CC[C@@H](NC(=O)[C@H]1CCCN(C)C1)c1ccc(C)cc1. The third kappa shape index (κ3) is 3.83. The highest BCUT2D eigenvalue weighted by atomic mass is 16.2. The Bertz CT molecular complexity index is 441. The van der Waals surface area contributed by atoms with Gasteiger partial charge in [0.1, 0.15) is 0 Å². The van der Waals surface area contributed by atoms with Gasteiger partial charge in [-0.2, -0.15) is 0 Å². The topological polar surface area (TPSA) is 32.3 Å². The van der Waals surface area contributed by atoms with E-state index in [1.165, 1.54) is 11.1 Å². The number of carbonyl (C=O) groups excluding carboxylic acids is 1. The Hall–Kier alpha value is -1.35. The fourth-order valence-electron chi connectivity index (χ4n) is 2.89. The van der Waals surface area contributed by atoms with E-state index < -0.39 is 0 Å². The molecule has 1 fully saturated rings. The van der Waals surface area contributed by atoms with Gasteiger partial charge in [0.2, 0.25) is 5.91 Å². The number of aryl methyl sites for hydroxylation is 1. The molecule has 1 aliphatic heterocycles. The number of nitrogens with zero attached hydrogens (tertiary/aromatic N) is 1. The zero-order valence-electron chi connectivity index (χ0n) is 12.9. The lowest BCUT2D eigenvalue weighted by molar-refractivity contribution is -0.127. The first kappa shape index (κ1) is 15.0. The molecule has 2 rings (SSSR count). The molecule has 0 bridgehead atoms. The molecule has 2 atom stereocenters. The van der Waals surface area contributed by atoms with Crippen molar-refractivity contribution in [1.82, 2.24) is 10.2 Å². The van der Waals surface area contributed by atoms with Gasteiger partial charge in [0.25, 0.3) is 0 Å². The van der Waals surface area contributed by atoms with Crippen LogP contribution < -0.4 is 5.32 Å². The predicted molar refractivity (Wildman–Crippen MR) is 82.6 cm³/mol. The number of hydrogen-bond donors (Lipinski definition) is 1. The van der Waals surface area contributed by atoms with Gasteiger partial charge in [0.05, 0.1) is 12.0 Å². The summed E-state index contributed by atoms with van der Waals surface area (Å²) in [6.45, 7) is 6.20. The summed E-state index contributed by atoms with van der Waals surface area (Å²) in [7, 11) is 2.09. The molecule has 3 heteroatoms. The second kappa shape index (κ2) is 6.89. The molecule has 0 saturated carbocycles. The van der Waals surface area contributed by atoms with Gasteiger partial charge in [-0.05, 0) is 45.3 Å². The van der Waals surface area contributed by atoms with E-state index >= 15 is 0 Å². The maximum absolute atomic E-state index is 12.4. The minimum atomic E-state index is 0.135. The van der Waals surface area contributed by atoms with Gasteiger partial charge in [-0.25, -0.2) is 0 Å². The summed E-state index contributed by atoms with van der Waals surface area (Å²) in [6, 6.07) is 8.60. The van der Waals surface area contributed by atoms with Gasteiger partial charge in [0, 0.05) is 6.54 Å². The van der Waals surface area contributed by atoms with Gasteiger partial charge >= 0.3 is 0 Å². The van der Waals surface area contributed by atoms with E-state index in [0.717, 1.165) is 32.4 Å². The van der Waals surface area contributed by atoms with Gasteiger partial charge < -0.3 is 10.2 Å². The fourth-order valence-corrected chi connectivity index (χ4v) is 2.89. The van der Waals surface area contributed by atoms with E-state index in [1.54, 1.807) is 0 Å². The first-order valence-electron chi connectivity index (χ1n) is 7.65. The summed E-state index contributed by atoms with van der Waals surface area (Å²) in [5.74, 6) is 0.359. The summed E-state index contributed by atoms with van der Waals surface area (Å²) >= 11 is 0. The van der Waals surface area contributed by atoms with Crippen LogP contribution >= 0.6 is 0 Å². The Morgan fingerprint density at radius 1 is 1.40 bits per heavy atom. The summed E-state index contributed by atoms with van der Waals surface area (Å²) < 4.78 is 0. The smallest absolute Gasteiger partial charge is 0.224 e. The minimum Gasteiger partial charge on any atom is -0.349 e. The standard InChI is InChI=1S/C17H26N2O/c1-4-16(14-9-7-13(2)8-10-14)18-17(20)15-6-5-11-19(3)12-15/h7-10,15-16H,4-6,11-12H2,1-3H3,(H,18,20)/t15-,16+/m0/s1. The van der Waals surface area contributed by atoms with Crippen LogP contribution in [0.4, 0.5) is 0 Å². The van der Waals surface area contributed by atoms with Crippen molar-refractivity contribution in [2.75, 3.05) is 20.1 Å².